The fourth-order valence-corrected chi connectivity index (χ4v) is 4.37. The zero-order chi connectivity index (χ0) is 20.1. The summed E-state index contributed by atoms with van der Waals surface area (Å²) in [6.07, 6.45) is 5.69. The van der Waals surface area contributed by atoms with Crippen molar-refractivity contribution in [2.24, 2.45) is 9.50 Å². The van der Waals surface area contributed by atoms with Crippen molar-refractivity contribution in [3.05, 3.63) is 34.8 Å². The van der Waals surface area contributed by atoms with Crippen LogP contribution in [0, 0.1) is 6.92 Å². The first kappa shape index (κ1) is 18.9. The number of nitrogens with two attached hydrogens (primary N) is 1. The quantitative estimate of drug-likeness (QED) is 0.805. The normalized spacial score (nSPS) is 18.0. The van der Waals surface area contributed by atoms with Crippen LogP contribution in [0.4, 0.5) is 19.3 Å². The minimum absolute atomic E-state index is 0.303. The zero-order valence-electron chi connectivity index (χ0n) is 15.2. The molecule has 2 aromatic rings. The van der Waals surface area contributed by atoms with Crippen LogP contribution < -0.4 is 10.5 Å². The number of carbonyl (C=O) groups is 1. The number of aryl methyl sites for hydroxylation is 1. The van der Waals surface area contributed by atoms with Gasteiger partial charge in [0.25, 0.3) is 0 Å². The minimum Gasteiger partial charge on any atom is -0.305 e. The van der Waals surface area contributed by atoms with Gasteiger partial charge in [0.1, 0.15) is 0 Å². The number of alkyl halides is 2. The van der Waals surface area contributed by atoms with Crippen molar-refractivity contribution in [2.45, 2.75) is 56.5 Å². The molecule has 28 heavy (non-hydrogen) atoms. The SMILES string of the molecule is Cc1c(C2CC2)nc2c(c1NC(=O)N=[S@@](N)(=O)c1ccn(C(F)F)n1)CCC2. The lowest BCUT2D eigenvalue weighted by atomic mass is 10.0. The van der Waals surface area contributed by atoms with Gasteiger partial charge in [-0.05, 0) is 56.2 Å². The predicted octanol–water partition coefficient (Wildman–Crippen LogP) is 3.28. The Bertz CT molecular complexity index is 1070. The van der Waals surface area contributed by atoms with Crippen LogP contribution in [-0.4, -0.2) is 25.0 Å². The van der Waals surface area contributed by atoms with Crippen LogP contribution in [-0.2, 0) is 22.8 Å². The van der Waals surface area contributed by atoms with Gasteiger partial charge in [-0.15, -0.1) is 4.36 Å². The summed E-state index contributed by atoms with van der Waals surface area (Å²) in [5, 5.41) is 11.4. The Morgan fingerprint density at radius 3 is 2.82 bits per heavy atom. The highest BCUT2D eigenvalue weighted by atomic mass is 32.2. The Balaban J connectivity index is 1.65. The molecule has 0 spiro atoms. The first-order valence-corrected chi connectivity index (χ1v) is 10.6. The van der Waals surface area contributed by atoms with Crippen LogP contribution in [0.5, 0.6) is 0 Å². The van der Waals surface area contributed by atoms with Gasteiger partial charge in [-0.1, -0.05) is 0 Å². The summed E-state index contributed by atoms with van der Waals surface area (Å²) in [5.74, 6) is 0.413. The van der Waals surface area contributed by atoms with Gasteiger partial charge >= 0.3 is 12.6 Å². The minimum atomic E-state index is -3.75. The third kappa shape index (κ3) is 3.51. The number of urea groups is 1. The maximum absolute atomic E-state index is 12.6. The number of pyridine rings is 1. The van der Waals surface area contributed by atoms with Crippen LogP contribution >= 0.6 is 0 Å². The number of amides is 2. The molecule has 11 heteroatoms. The van der Waals surface area contributed by atoms with Crippen LogP contribution in [0.25, 0.3) is 0 Å². The second-order valence-corrected chi connectivity index (χ2v) is 8.79. The molecular formula is C17H20F2N6O2S. The van der Waals surface area contributed by atoms with Crippen molar-refractivity contribution in [3.63, 3.8) is 0 Å². The van der Waals surface area contributed by atoms with Crippen molar-refractivity contribution >= 4 is 21.6 Å². The molecule has 1 fully saturated rings. The Hall–Kier alpha value is -2.40. The summed E-state index contributed by atoms with van der Waals surface area (Å²) in [4.78, 5) is 17.2. The molecule has 2 heterocycles. The highest BCUT2D eigenvalue weighted by Gasteiger charge is 2.31. The largest absolute Gasteiger partial charge is 0.354 e. The second kappa shape index (κ2) is 6.89. The van der Waals surface area contributed by atoms with Crippen LogP contribution in [0.3, 0.4) is 0 Å². The number of nitrogens with one attached hydrogen (secondary N) is 1. The summed E-state index contributed by atoms with van der Waals surface area (Å²) in [7, 11) is -3.75. The molecule has 4 rings (SSSR count). The van der Waals surface area contributed by atoms with Crippen molar-refractivity contribution in [2.75, 3.05) is 5.32 Å². The first-order chi connectivity index (χ1) is 13.3. The molecule has 1 atom stereocenters. The molecule has 0 aliphatic heterocycles. The molecule has 2 amide bonds. The van der Waals surface area contributed by atoms with E-state index >= 15 is 0 Å². The van der Waals surface area contributed by atoms with E-state index < -0.39 is 22.5 Å². The van der Waals surface area contributed by atoms with Gasteiger partial charge in [0, 0.05) is 23.5 Å². The maximum Gasteiger partial charge on any atom is 0.354 e. The Kier molecular flexibility index (Phi) is 4.66. The molecule has 0 radical (unpaired) electrons. The van der Waals surface area contributed by atoms with Crippen molar-refractivity contribution in [1.82, 2.24) is 14.8 Å². The van der Waals surface area contributed by atoms with Crippen molar-refractivity contribution in [3.8, 4) is 0 Å². The van der Waals surface area contributed by atoms with Crippen LogP contribution in [0.2, 0.25) is 0 Å². The number of rotatable bonds is 4. The van der Waals surface area contributed by atoms with E-state index in [1.54, 1.807) is 0 Å². The summed E-state index contributed by atoms with van der Waals surface area (Å²) < 4.78 is 41.7. The highest BCUT2D eigenvalue weighted by Crippen LogP contribution is 2.44. The lowest BCUT2D eigenvalue weighted by molar-refractivity contribution is 0.0554. The molecule has 8 nitrogen and oxygen atoms in total. The zero-order valence-corrected chi connectivity index (χ0v) is 16.0. The first-order valence-electron chi connectivity index (χ1n) is 8.97. The summed E-state index contributed by atoms with van der Waals surface area (Å²) >= 11 is 0. The predicted molar refractivity (Wildman–Crippen MR) is 98.5 cm³/mol. The lowest BCUT2D eigenvalue weighted by Gasteiger charge is -2.15. The summed E-state index contributed by atoms with van der Waals surface area (Å²) in [6, 6.07) is 0.163. The summed E-state index contributed by atoms with van der Waals surface area (Å²) in [5.41, 5.74) is 4.46. The Morgan fingerprint density at radius 1 is 1.43 bits per heavy atom. The molecule has 2 aliphatic rings. The van der Waals surface area contributed by atoms with Gasteiger partial charge in [0.15, 0.2) is 14.9 Å². The molecule has 3 N–H and O–H groups in total. The van der Waals surface area contributed by atoms with Gasteiger partial charge < -0.3 is 5.32 Å². The lowest BCUT2D eigenvalue weighted by Crippen LogP contribution is -2.20. The maximum atomic E-state index is 12.6. The number of fused-ring (bicyclic) bond motifs is 1. The number of anilines is 1. The number of halogens is 2. The van der Waals surface area contributed by atoms with Gasteiger partial charge in [0.05, 0.1) is 5.69 Å². The Labute approximate surface area is 160 Å². The second-order valence-electron chi connectivity index (χ2n) is 7.05. The number of hydrogen-bond donors (Lipinski definition) is 2. The van der Waals surface area contributed by atoms with E-state index in [0.717, 1.165) is 66.9 Å². The van der Waals surface area contributed by atoms with E-state index in [-0.39, 0.29) is 5.03 Å². The highest BCUT2D eigenvalue weighted by molar-refractivity contribution is 7.91. The molecule has 0 bridgehead atoms. The molecule has 0 aromatic carbocycles. The molecule has 2 aliphatic carbocycles. The molecule has 0 unspecified atom stereocenters. The van der Waals surface area contributed by atoms with Gasteiger partial charge in [-0.3, -0.25) is 4.98 Å². The topological polar surface area (TPSA) is 115 Å². The average Bonchev–Trinajstić information content (AvgIpc) is 3.14. The van der Waals surface area contributed by atoms with Gasteiger partial charge in [-0.25, -0.2) is 18.8 Å². The monoisotopic (exact) mass is 410 g/mol. The molecule has 0 saturated heterocycles. The third-order valence-electron chi connectivity index (χ3n) is 5.00. The van der Waals surface area contributed by atoms with E-state index in [4.69, 9.17) is 10.1 Å². The average molecular weight is 410 g/mol. The van der Waals surface area contributed by atoms with Crippen molar-refractivity contribution < 1.29 is 17.8 Å². The fraction of sp³-hybridized carbons (Fsp3) is 0.471. The van der Waals surface area contributed by atoms with E-state index in [1.165, 1.54) is 0 Å². The smallest absolute Gasteiger partial charge is 0.305 e. The summed E-state index contributed by atoms with van der Waals surface area (Å²) in [6.45, 7) is -1.00. The van der Waals surface area contributed by atoms with Gasteiger partial charge in [0.2, 0.25) is 0 Å². The van der Waals surface area contributed by atoms with Crippen LogP contribution in [0.1, 0.15) is 54.2 Å². The molecule has 2 aromatic heterocycles. The van der Waals surface area contributed by atoms with Crippen LogP contribution in [0.15, 0.2) is 21.7 Å². The van der Waals surface area contributed by atoms with E-state index in [0.29, 0.717) is 16.3 Å². The number of nitrogens with zero attached hydrogens (tertiary/aromatic N) is 4. The van der Waals surface area contributed by atoms with Crippen molar-refractivity contribution in [1.29, 1.82) is 0 Å². The van der Waals surface area contributed by atoms with Gasteiger partial charge in [-0.2, -0.15) is 13.9 Å². The molecule has 150 valence electrons. The Morgan fingerprint density at radius 2 is 2.18 bits per heavy atom. The molecular weight excluding hydrogens is 390 g/mol. The number of hydrogen-bond acceptors (Lipinski definition) is 4. The fourth-order valence-electron chi connectivity index (χ4n) is 3.51. The van der Waals surface area contributed by atoms with E-state index in [2.05, 4.69) is 14.8 Å². The van der Waals surface area contributed by atoms with E-state index in [1.807, 2.05) is 6.92 Å². The molecule has 1 saturated carbocycles. The standard InChI is InChI=1S/C17H20F2N6O2S/c1-9-14(10-5-6-10)21-12-4-2-3-11(12)15(9)22-17(26)24-28(20,27)13-7-8-25(23-13)16(18)19/h7-8,10,16H,2-6H2,1H3,(H3,20,21,22,24,26,27)/t28-/m1/s1. The number of carbonyl (C=O) groups excluding carboxylic acids is 1. The third-order valence-corrected chi connectivity index (χ3v) is 6.26. The number of aromatic nitrogens is 3. The van der Waals surface area contributed by atoms with E-state index in [9.17, 15) is 17.8 Å².